The standard InChI is InChI=1S/C14H11NO4/c1-3-6-15-12(16)5-4-9-7-10(14(17)18)8-11(19-2)13(9)15/h1,4-5,7-8H,6H2,2H3,(H,17,18). The fraction of sp³-hybridized carbons (Fsp3) is 0.143. The molecule has 0 aliphatic heterocycles. The van der Waals surface area contributed by atoms with Crippen LogP contribution in [-0.2, 0) is 6.54 Å². The number of carboxylic acids is 1. The van der Waals surface area contributed by atoms with E-state index < -0.39 is 5.97 Å². The maximum absolute atomic E-state index is 11.8. The molecule has 0 saturated heterocycles. The average Bonchev–Trinajstić information content (AvgIpc) is 2.40. The molecule has 0 radical (unpaired) electrons. The van der Waals surface area contributed by atoms with Crippen molar-refractivity contribution in [1.29, 1.82) is 0 Å². The van der Waals surface area contributed by atoms with Gasteiger partial charge in [-0.1, -0.05) is 5.92 Å². The number of carbonyl (C=O) groups is 1. The minimum atomic E-state index is -1.06. The van der Waals surface area contributed by atoms with Crippen LogP contribution in [0.25, 0.3) is 10.9 Å². The number of rotatable bonds is 3. The molecule has 0 aliphatic rings. The molecule has 19 heavy (non-hydrogen) atoms. The van der Waals surface area contributed by atoms with Crippen LogP contribution in [-0.4, -0.2) is 22.8 Å². The Labute approximate surface area is 109 Å². The van der Waals surface area contributed by atoms with E-state index in [0.717, 1.165) is 0 Å². The fourth-order valence-electron chi connectivity index (χ4n) is 1.93. The van der Waals surface area contributed by atoms with Gasteiger partial charge in [-0.15, -0.1) is 6.42 Å². The summed E-state index contributed by atoms with van der Waals surface area (Å²) in [4.78, 5) is 22.8. The molecular formula is C14H11NO4. The third kappa shape index (κ3) is 2.16. The van der Waals surface area contributed by atoms with E-state index in [2.05, 4.69) is 5.92 Å². The van der Waals surface area contributed by atoms with Crippen molar-refractivity contribution >= 4 is 16.9 Å². The zero-order valence-corrected chi connectivity index (χ0v) is 10.2. The highest BCUT2D eigenvalue weighted by Crippen LogP contribution is 2.26. The Morgan fingerprint density at radius 1 is 1.47 bits per heavy atom. The first-order valence-electron chi connectivity index (χ1n) is 5.47. The molecule has 0 bridgehead atoms. The summed E-state index contributed by atoms with van der Waals surface area (Å²) in [6.07, 6.45) is 5.25. The van der Waals surface area contributed by atoms with Crippen LogP contribution < -0.4 is 10.3 Å². The quantitative estimate of drug-likeness (QED) is 0.842. The molecule has 1 aromatic carbocycles. The van der Waals surface area contributed by atoms with E-state index in [-0.39, 0.29) is 17.7 Å². The lowest BCUT2D eigenvalue weighted by molar-refractivity contribution is 0.0696. The van der Waals surface area contributed by atoms with Crippen molar-refractivity contribution in [3.8, 4) is 18.1 Å². The molecule has 0 aliphatic carbocycles. The van der Waals surface area contributed by atoms with Crippen molar-refractivity contribution in [2.45, 2.75) is 6.54 Å². The second-order valence-electron chi connectivity index (χ2n) is 3.88. The van der Waals surface area contributed by atoms with Crippen molar-refractivity contribution in [2.24, 2.45) is 0 Å². The van der Waals surface area contributed by atoms with Crippen molar-refractivity contribution in [3.05, 3.63) is 40.2 Å². The molecule has 1 heterocycles. The number of pyridine rings is 1. The van der Waals surface area contributed by atoms with E-state index in [1.54, 1.807) is 6.07 Å². The van der Waals surface area contributed by atoms with Crippen LogP contribution in [0.3, 0.4) is 0 Å². The number of methoxy groups -OCH3 is 1. The van der Waals surface area contributed by atoms with E-state index >= 15 is 0 Å². The van der Waals surface area contributed by atoms with Gasteiger partial charge in [-0.25, -0.2) is 4.79 Å². The maximum Gasteiger partial charge on any atom is 0.335 e. The molecule has 0 amide bonds. The van der Waals surface area contributed by atoms with Gasteiger partial charge in [-0.05, 0) is 18.2 Å². The average molecular weight is 257 g/mol. The molecule has 0 spiro atoms. The normalized spacial score (nSPS) is 10.1. The summed E-state index contributed by atoms with van der Waals surface area (Å²) in [5, 5.41) is 9.62. The van der Waals surface area contributed by atoms with Crippen LogP contribution >= 0.6 is 0 Å². The third-order valence-electron chi connectivity index (χ3n) is 2.76. The minimum Gasteiger partial charge on any atom is -0.495 e. The number of nitrogens with zero attached hydrogens (tertiary/aromatic N) is 1. The van der Waals surface area contributed by atoms with Gasteiger partial charge in [-0.2, -0.15) is 0 Å². The first kappa shape index (κ1) is 12.7. The molecule has 96 valence electrons. The van der Waals surface area contributed by atoms with Crippen LogP contribution in [0, 0.1) is 12.3 Å². The molecule has 1 N–H and O–H groups in total. The van der Waals surface area contributed by atoms with Gasteiger partial charge < -0.3 is 9.84 Å². The van der Waals surface area contributed by atoms with Gasteiger partial charge in [0, 0.05) is 11.5 Å². The van der Waals surface area contributed by atoms with Crippen molar-refractivity contribution in [1.82, 2.24) is 4.57 Å². The predicted molar refractivity (Wildman–Crippen MR) is 70.6 cm³/mol. The van der Waals surface area contributed by atoms with Crippen LogP contribution in [0.15, 0.2) is 29.1 Å². The van der Waals surface area contributed by atoms with E-state index in [1.165, 1.54) is 29.9 Å². The first-order chi connectivity index (χ1) is 9.08. The summed E-state index contributed by atoms with van der Waals surface area (Å²) >= 11 is 0. The number of carboxylic acid groups (broad SMARTS) is 1. The molecule has 5 heteroatoms. The SMILES string of the molecule is C#CCn1c(=O)ccc2cc(C(=O)O)cc(OC)c21. The van der Waals surface area contributed by atoms with E-state index in [0.29, 0.717) is 16.7 Å². The summed E-state index contributed by atoms with van der Waals surface area (Å²) in [5.41, 5.74) is 0.333. The number of ether oxygens (including phenoxy) is 1. The second-order valence-corrected chi connectivity index (χ2v) is 3.88. The summed E-state index contributed by atoms with van der Waals surface area (Å²) in [6.45, 7) is 0.0962. The third-order valence-corrected chi connectivity index (χ3v) is 2.76. The Hall–Kier alpha value is -2.74. The lowest BCUT2D eigenvalue weighted by atomic mass is 10.1. The Bertz CT molecular complexity index is 752. The van der Waals surface area contributed by atoms with Crippen molar-refractivity contribution < 1.29 is 14.6 Å². The van der Waals surface area contributed by atoms with Crippen molar-refractivity contribution in [3.63, 3.8) is 0 Å². The second kappa shape index (κ2) is 4.86. The zero-order valence-electron chi connectivity index (χ0n) is 10.2. The van der Waals surface area contributed by atoms with Crippen LogP contribution in [0.1, 0.15) is 10.4 Å². The molecule has 0 atom stereocenters. The van der Waals surface area contributed by atoms with Gasteiger partial charge in [0.2, 0.25) is 0 Å². The van der Waals surface area contributed by atoms with Gasteiger partial charge in [0.25, 0.3) is 5.56 Å². The van der Waals surface area contributed by atoms with Gasteiger partial charge in [-0.3, -0.25) is 9.36 Å². The topological polar surface area (TPSA) is 68.5 Å². The minimum absolute atomic E-state index is 0.0928. The largest absolute Gasteiger partial charge is 0.495 e. The molecule has 1 aromatic heterocycles. The number of terminal acetylenes is 1. The molecule has 5 nitrogen and oxygen atoms in total. The number of benzene rings is 1. The first-order valence-corrected chi connectivity index (χ1v) is 5.47. The van der Waals surface area contributed by atoms with E-state index in [1.807, 2.05) is 0 Å². The zero-order chi connectivity index (χ0) is 14.0. The number of fused-ring (bicyclic) bond motifs is 1. The molecule has 0 saturated carbocycles. The van der Waals surface area contributed by atoms with Gasteiger partial charge in [0.15, 0.2) is 0 Å². The Kier molecular flexibility index (Phi) is 3.25. The number of hydrogen-bond acceptors (Lipinski definition) is 3. The summed E-state index contributed by atoms with van der Waals surface area (Å²) < 4.78 is 6.54. The summed E-state index contributed by atoms with van der Waals surface area (Å²) in [6, 6.07) is 5.76. The fourth-order valence-corrected chi connectivity index (χ4v) is 1.93. The summed E-state index contributed by atoms with van der Waals surface area (Å²) in [7, 11) is 1.41. The number of hydrogen-bond donors (Lipinski definition) is 1. The summed E-state index contributed by atoms with van der Waals surface area (Å²) in [5.74, 6) is 1.64. The number of aromatic nitrogens is 1. The maximum atomic E-state index is 11.8. The Balaban J connectivity index is 2.90. The highest BCUT2D eigenvalue weighted by atomic mass is 16.5. The van der Waals surface area contributed by atoms with Gasteiger partial charge in [0.1, 0.15) is 5.75 Å². The monoisotopic (exact) mass is 257 g/mol. The lowest BCUT2D eigenvalue weighted by Gasteiger charge is -2.12. The van der Waals surface area contributed by atoms with E-state index in [4.69, 9.17) is 16.3 Å². The van der Waals surface area contributed by atoms with Crippen LogP contribution in [0.4, 0.5) is 0 Å². The Morgan fingerprint density at radius 2 is 2.21 bits per heavy atom. The molecule has 2 rings (SSSR count). The highest BCUT2D eigenvalue weighted by molar-refractivity contribution is 5.96. The van der Waals surface area contributed by atoms with Gasteiger partial charge >= 0.3 is 5.97 Å². The smallest absolute Gasteiger partial charge is 0.335 e. The molecular weight excluding hydrogens is 246 g/mol. The highest BCUT2D eigenvalue weighted by Gasteiger charge is 2.13. The molecule has 0 unspecified atom stereocenters. The van der Waals surface area contributed by atoms with Crippen LogP contribution in [0.2, 0.25) is 0 Å². The van der Waals surface area contributed by atoms with Crippen molar-refractivity contribution in [2.75, 3.05) is 7.11 Å². The molecule has 2 aromatic rings. The Morgan fingerprint density at radius 3 is 2.79 bits per heavy atom. The van der Waals surface area contributed by atoms with Gasteiger partial charge in [0.05, 0.1) is 24.7 Å². The number of aromatic carboxylic acids is 1. The predicted octanol–water partition coefficient (Wildman–Crippen LogP) is 1.34. The van der Waals surface area contributed by atoms with E-state index in [9.17, 15) is 9.59 Å². The van der Waals surface area contributed by atoms with Crippen LogP contribution in [0.5, 0.6) is 5.75 Å². The lowest BCUT2D eigenvalue weighted by Crippen LogP contribution is -2.19. The molecule has 0 fully saturated rings.